The quantitative estimate of drug-likeness (QED) is 0.876. The second-order valence-electron chi connectivity index (χ2n) is 7.63. The van der Waals surface area contributed by atoms with E-state index in [2.05, 4.69) is 10.2 Å². The first-order valence-corrected chi connectivity index (χ1v) is 10.2. The lowest BCUT2D eigenvalue weighted by atomic mass is 9.88. The predicted octanol–water partition coefficient (Wildman–Crippen LogP) is 3.76. The Morgan fingerprint density at radius 1 is 0.929 bits per heavy atom. The van der Waals surface area contributed by atoms with Crippen LogP contribution in [0.1, 0.15) is 42.7 Å². The molecular formula is C22H27N3O3. The number of hydrogen-bond donors (Lipinski definition) is 1. The highest BCUT2D eigenvalue weighted by Crippen LogP contribution is 2.26. The molecule has 0 unspecified atom stereocenters. The van der Waals surface area contributed by atoms with Crippen LogP contribution in [0.5, 0.6) is 0 Å². The number of furan rings is 1. The fourth-order valence-corrected chi connectivity index (χ4v) is 4.09. The molecule has 1 aromatic heterocycles. The Labute approximate surface area is 165 Å². The molecule has 0 radical (unpaired) electrons. The van der Waals surface area contributed by atoms with E-state index in [1.54, 1.807) is 12.1 Å². The summed E-state index contributed by atoms with van der Waals surface area (Å²) in [6.07, 6.45) is 7.10. The molecule has 2 amide bonds. The van der Waals surface area contributed by atoms with Crippen LogP contribution in [0.15, 0.2) is 47.1 Å². The summed E-state index contributed by atoms with van der Waals surface area (Å²) in [5.74, 6) is 0.655. The third-order valence-corrected chi connectivity index (χ3v) is 5.77. The molecule has 0 bridgehead atoms. The van der Waals surface area contributed by atoms with Crippen molar-refractivity contribution in [3.8, 4) is 0 Å². The largest absolute Gasteiger partial charge is 0.459 e. The molecule has 1 N–H and O–H groups in total. The van der Waals surface area contributed by atoms with E-state index in [9.17, 15) is 9.59 Å². The van der Waals surface area contributed by atoms with Crippen LogP contribution >= 0.6 is 0 Å². The predicted molar refractivity (Wildman–Crippen MR) is 108 cm³/mol. The molecule has 0 spiro atoms. The highest BCUT2D eigenvalue weighted by molar-refractivity contribution is 5.93. The fourth-order valence-electron chi connectivity index (χ4n) is 4.09. The molecule has 2 fully saturated rings. The van der Waals surface area contributed by atoms with Gasteiger partial charge in [-0.25, -0.2) is 0 Å². The van der Waals surface area contributed by atoms with E-state index in [1.165, 1.54) is 12.7 Å². The fraction of sp³-hybridized carbons (Fsp3) is 0.455. The van der Waals surface area contributed by atoms with Gasteiger partial charge in [0.1, 0.15) is 0 Å². The molecule has 0 atom stereocenters. The SMILES string of the molecule is O=C(Nc1ccc(N2CCN(C(=O)c3ccco3)CC2)cc1)C1CCCCC1. The zero-order chi connectivity index (χ0) is 19.3. The standard InChI is InChI=1S/C22H27N3O3/c26-21(17-5-2-1-3-6-17)23-18-8-10-19(11-9-18)24-12-14-25(15-13-24)22(27)20-7-4-16-28-20/h4,7-11,16-17H,1-3,5-6,12-15H2,(H,23,26). The zero-order valence-electron chi connectivity index (χ0n) is 16.1. The molecule has 6 heteroatoms. The van der Waals surface area contributed by atoms with Crippen molar-refractivity contribution >= 4 is 23.2 Å². The number of carbonyl (C=O) groups excluding carboxylic acids is 2. The number of benzene rings is 1. The maximum absolute atomic E-state index is 12.4. The maximum atomic E-state index is 12.4. The number of rotatable bonds is 4. The van der Waals surface area contributed by atoms with E-state index in [0.29, 0.717) is 18.8 Å². The zero-order valence-corrected chi connectivity index (χ0v) is 16.1. The Bertz CT molecular complexity index is 787. The van der Waals surface area contributed by atoms with Gasteiger partial charge in [-0.1, -0.05) is 19.3 Å². The Kier molecular flexibility index (Phi) is 5.65. The van der Waals surface area contributed by atoms with Gasteiger partial charge < -0.3 is 19.5 Å². The molecule has 1 saturated carbocycles. The third kappa shape index (κ3) is 4.21. The first-order chi connectivity index (χ1) is 13.7. The second-order valence-corrected chi connectivity index (χ2v) is 7.63. The minimum absolute atomic E-state index is 0.0505. The highest BCUT2D eigenvalue weighted by atomic mass is 16.3. The van der Waals surface area contributed by atoms with Crippen LogP contribution in [0, 0.1) is 5.92 Å². The van der Waals surface area contributed by atoms with Gasteiger partial charge in [-0.15, -0.1) is 0 Å². The Balaban J connectivity index is 1.30. The number of nitrogens with zero attached hydrogens (tertiary/aromatic N) is 2. The maximum Gasteiger partial charge on any atom is 0.289 e. The van der Waals surface area contributed by atoms with Gasteiger partial charge in [0, 0.05) is 43.5 Å². The number of anilines is 2. The molecule has 1 aliphatic heterocycles. The van der Waals surface area contributed by atoms with Crippen molar-refractivity contribution < 1.29 is 14.0 Å². The summed E-state index contributed by atoms with van der Waals surface area (Å²) in [6.45, 7) is 2.89. The van der Waals surface area contributed by atoms with Crippen LogP contribution in [0.4, 0.5) is 11.4 Å². The summed E-state index contributed by atoms with van der Waals surface area (Å²) in [4.78, 5) is 28.8. The minimum atomic E-state index is -0.0505. The number of nitrogens with one attached hydrogen (secondary N) is 1. The highest BCUT2D eigenvalue weighted by Gasteiger charge is 2.24. The molecule has 2 aliphatic rings. The molecule has 28 heavy (non-hydrogen) atoms. The van der Waals surface area contributed by atoms with Crippen molar-refractivity contribution in [2.24, 2.45) is 5.92 Å². The van der Waals surface area contributed by atoms with E-state index in [0.717, 1.165) is 50.1 Å². The molecule has 2 aromatic rings. The van der Waals surface area contributed by atoms with Gasteiger partial charge in [0.25, 0.3) is 5.91 Å². The summed E-state index contributed by atoms with van der Waals surface area (Å²) in [6, 6.07) is 11.5. The number of piperazine rings is 1. The van der Waals surface area contributed by atoms with E-state index < -0.39 is 0 Å². The van der Waals surface area contributed by atoms with Gasteiger partial charge in [-0.3, -0.25) is 9.59 Å². The van der Waals surface area contributed by atoms with Crippen molar-refractivity contribution in [2.45, 2.75) is 32.1 Å². The molecule has 148 valence electrons. The monoisotopic (exact) mass is 381 g/mol. The van der Waals surface area contributed by atoms with Crippen LogP contribution in [-0.4, -0.2) is 42.9 Å². The lowest BCUT2D eigenvalue weighted by Gasteiger charge is -2.35. The molecule has 4 rings (SSSR count). The summed E-state index contributed by atoms with van der Waals surface area (Å²) in [5, 5.41) is 3.06. The smallest absolute Gasteiger partial charge is 0.289 e. The van der Waals surface area contributed by atoms with Crippen LogP contribution in [0.2, 0.25) is 0 Å². The minimum Gasteiger partial charge on any atom is -0.459 e. The van der Waals surface area contributed by atoms with Gasteiger partial charge in [-0.2, -0.15) is 0 Å². The van der Waals surface area contributed by atoms with Crippen LogP contribution in [-0.2, 0) is 4.79 Å². The second kappa shape index (κ2) is 8.50. The van der Waals surface area contributed by atoms with E-state index in [-0.39, 0.29) is 17.7 Å². The van der Waals surface area contributed by atoms with Crippen LogP contribution in [0.25, 0.3) is 0 Å². The van der Waals surface area contributed by atoms with Crippen LogP contribution < -0.4 is 10.2 Å². The normalized spacial score (nSPS) is 18.1. The molecule has 1 aromatic carbocycles. The van der Waals surface area contributed by atoms with E-state index >= 15 is 0 Å². The average molecular weight is 381 g/mol. The average Bonchev–Trinajstić information content (AvgIpc) is 3.29. The van der Waals surface area contributed by atoms with Gasteiger partial charge in [0.15, 0.2) is 5.76 Å². The van der Waals surface area contributed by atoms with E-state index in [1.807, 2.05) is 29.2 Å². The summed E-state index contributed by atoms with van der Waals surface area (Å²) in [5.41, 5.74) is 1.96. The van der Waals surface area contributed by atoms with Gasteiger partial charge in [0.05, 0.1) is 6.26 Å². The molecule has 1 saturated heterocycles. The van der Waals surface area contributed by atoms with Crippen molar-refractivity contribution in [3.63, 3.8) is 0 Å². The lowest BCUT2D eigenvalue weighted by Crippen LogP contribution is -2.48. The first-order valence-electron chi connectivity index (χ1n) is 10.2. The van der Waals surface area contributed by atoms with Gasteiger partial charge in [-0.05, 0) is 49.2 Å². The Morgan fingerprint density at radius 3 is 2.29 bits per heavy atom. The lowest BCUT2D eigenvalue weighted by molar-refractivity contribution is -0.120. The molecule has 2 heterocycles. The van der Waals surface area contributed by atoms with Crippen molar-refractivity contribution in [1.29, 1.82) is 0 Å². The third-order valence-electron chi connectivity index (χ3n) is 5.77. The summed E-state index contributed by atoms with van der Waals surface area (Å²) >= 11 is 0. The van der Waals surface area contributed by atoms with Gasteiger partial charge in [0.2, 0.25) is 5.91 Å². The first kappa shape index (κ1) is 18.6. The van der Waals surface area contributed by atoms with Crippen LogP contribution in [0.3, 0.4) is 0 Å². The molecule has 6 nitrogen and oxygen atoms in total. The Morgan fingerprint density at radius 2 is 1.64 bits per heavy atom. The molecular weight excluding hydrogens is 354 g/mol. The van der Waals surface area contributed by atoms with E-state index in [4.69, 9.17) is 4.42 Å². The number of carbonyl (C=O) groups is 2. The van der Waals surface area contributed by atoms with Gasteiger partial charge >= 0.3 is 0 Å². The van der Waals surface area contributed by atoms with Crippen molar-refractivity contribution in [1.82, 2.24) is 4.90 Å². The molecule has 1 aliphatic carbocycles. The Hall–Kier alpha value is -2.76. The van der Waals surface area contributed by atoms with Crippen molar-refractivity contribution in [3.05, 3.63) is 48.4 Å². The summed E-state index contributed by atoms with van der Waals surface area (Å²) in [7, 11) is 0. The van der Waals surface area contributed by atoms with Crippen molar-refractivity contribution in [2.75, 3.05) is 36.4 Å². The summed E-state index contributed by atoms with van der Waals surface area (Å²) < 4.78 is 5.21. The number of amides is 2. The number of hydrogen-bond acceptors (Lipinski definition) is 4. The topological polar surface area (TPSA) is 65.8 Å².